The summed E-state index contributed by atoms with van der Waals surface area (Å²) in [6.07, 6.45) is 18.8. The van der Waals surface area contributed by atoms with E-state index in [-0.39, 0.29) is 28.9 Å². The summed E-state index contributed by atoms with van der Waals surface area (Å²) in [5.41, 5.74) is -1.60. The van der Waals surface area contributed by atoms with Gasteiger partial charge in [0.2, 0.25) is 5.91 Å². The van der Waals surface area contributed by atoms with E-state index in [1.165, 1.54) is 0 Å². The molecule has 1 saturated heterocycles. The van der Waals surface area contributed by atoms with Gasteiger partial charge in [0.05, 0.1) is 0 Å². The Kier molecular flexibility index (Phi) is 9.08. The minimum absolute atomic E-state index is 0. The van der Waals surface area contributed by atoms with E-state index < -0.39 is 17.2 Å². The number of esters is 1. The monoisotopic (exact) mass is 409 g/mol. The van der Waals surface area contributed by atoms with Gasteiger partial charge in [-0.3, -0.25) is 9.69 Å². The van der Waals surface area contributed by atoms with E-state index >= 15 is 0 Å². The van der Waals surface area contributed by atoms with Crippen LogP contribution in [0.3, 0.4) is 0 Å². The molecule has 2 aliphatic carbocycles. The van der Waals surface area contributed by atoms with Gasteiger partial charge in [-0.15, -0.1) is 6.58 Å². The predicted octanol–water partition coefficient (Wildman–Crippen LogP) is 3.50. The molecule has 1 aliphatic heterocycles. The normalized spacial score (nSPS) is 28.2. The van der Waals surface area contributed by atoms with E-state index in [2.05, 4.69) is 6.58 Å². The van der Waals surface area contributed by atoms with Crippen LogP contribution in [0.15, 0.2) is 12.7 Å². The van der Waals surface area contributed by atoms with Crippen molar-refractivity contribution in [1.82, 2.24) is 4.90 Å². The Morgan fingerprint density at radius 3 is 2.04 bits per heavy atom. The van der Waals surface area contributed by atoms with Crippen LogP contribution in [0, 0.1) is 69.1 Å². The van der Waals surface area contributed by atoms with E-state index in [0.717, 1.165) is 5.92 Å². The van der Waals surface area contributed by atoms with Crippen LogP contribution in [-0.2, 0) is 31.4 Å². The molecular formula is C22H27FeNO3+2. The Hall–Kier alpha value is -0.801. The van der Waals surface area contributed by atoms with Gasteiger partial charge >= 0.3 is 23.0 Å². The molecular weight excluding hydrogens is 382 g/mol. The number of hydrogen-bond acceptors (Lipinski definition) is 3. The third-order valence-corrected chi connectivity index (χ3v) is 4.36. The quantitative estimate of drug-likeness (QED) is 0.407. The maximum atomic E-state index is 12.9. The van der Waals surface area contributed by atoms with Gasteiger partial charge < -0.3 is 4.74 Å². The van der Waals surface area contributed by atoms with Crippen molar-refractivity contribution in [3.05, 3.63) is 76.4 Å². The SMILES string of the molecule is C=CC[C@]1(C)C(=O)O[C@@H]([C]2[CH][CH][CH][CH]2)N1C(=O)C(C)(C)C.[CH]1[CH][CH][CH][CH]1.[Fe+2]. The number of carbonyl (C=O) groups is 2. The molecule has 1 amide bonds. The van der Waals surface area contributed by atoms with Gasteiger partial charge in [0.1, 0.15) is 5.54 Å². The van der Waals surface area contributed by atoms with E-state index in [1.807, 2.05) is 78.6 Å². The number of rotatable bonds is 3. The molecule has 0 N–H and O–H groups in total. The van der Waals surface area contributed by atoms with Crippen LogP contribution < -0.4 is 0 Å². The molecule has 0 unspecified atom stereocenters. The minimum atomic E-state index is -1.01. The predicted molar refractivity (Wildman–Crippen MR) is 101 cm³/mol. The van der Waals surface area contributed by atoms with Crippen molar-refractivity contribution in [2.75, 3.05) is 0 Å². The smallest absolute Gasteiger partial charge is 0.439 e. The average molecular weight is 409 g/mol. The van der Waals surface area contributed by atoms with Crippen LogP contribution in [0.2, 0.25) is 0 Å². The first-order valence-electron chi connectivity index (χ1n) is 8.76. The molecule has 144 valence electrons. The summed E-state index contributed by atoms with van der Waals surface area (Å²) in [6.45, 7) is 11.0. The van der Waals surface area contributed by atoms with Gasteiger partial charge in [-0.05, 0) is 71.1 Å². The Morgan fingerprint density at radius 2 is 1.63 bits per heavy atom. The molecule has 3 rings (SSSR count). The molecule has 3 fully saturated rings. The number of hydrogen-bond donors (Lipinski definition) is 0. The van der Waals surface area contributed by atoms with Crippen molar-refractivity contribution in [2.45, 2.75) is 45.9 Å². The number of nitrogens with zero attached hydrogens (tertiary/aromatic N) is 1. The van der Waals surface area contributed by atoms with Crippen LogP contribution in [0.1, 0.15) is 34.1 Å². The maximum absolute atomic E-state index is 12.9. The molecule has 1 heterocycles. The summed E-state index contributed by atoms with van der Waals surface area (Å²) < 4.78 is 5.52. The van der Waals surface area contributed by atoms with Crippen LogP contribution in [0.25, 0.3) is 0 Å². The van der Waals surface area contributed by atoms with E-state index in [4.69, 9.17) is 4.74 Å². The van der Waals surface area contributed by atoms with Crippen molar-refractivity contribution < 1.29 is 31.4 Å². The Balaban J connectivity index is 0.000000526. The Morgan fingerprint density at radius 1 is 1.15 bits per heavy atom. The molecule has 2 saturated carbocycles. The molecule has 27 heavy (non-hydrogen) atoms. The second-order valence-electron chi connectivity index (χ2n) is 7.63. The molecule has 4 nitrogen and oxygen atoms in total. The second kappa shape index (κ2) is 10.1. The first kappa shape index (κ1) is 24.2. The molecule has 2 atom stereocenters. The molecule has 0 aromatic carbocycles. The fourth-order valence-electron chi connectivity index (χ4n) is 2.88. The molecule has 5 heteroatoms. The number of cyclic esters (lactones) is 1. The van der Waals surface area contributed by atoms with Crippen LogP contribution in [0.5, 0.6) is 0 Å². The number of amides is 1. The van der Waals surface area contributed by atoms with Gasteiger partial charge in [0.25, 0.3) is 0 Å². The molecule has 0 aromatic heterocycles. The minimum Gasteiger partial charge on any atom is -0.439 e. The summed E-state index contributed by atoms with van der Waals surface area (Å²) >= 11 is 0. The third kappa shape index (κ3) is 5.60. The third-order valence-electron chi connectivity index (χ3n) is 4.36. The standard InChI is InChI=1S/C17H22NO3.C5H5.Fe/c1-6-11-17(5)15(20)21-13(12-9-7-8-10-12)18(17)14(19)16(2,3)4;1-2-4-5-3-1;/h6-10,13H,1,11H2,2-5H3;1-5H;/q;;+2/t13-,17+;;/m0../s1. The summed E-state index contributed by atoms with van der Waals surface area (Å²) in [7, 11) is 0. The number of carbonyl (C=O) groups excluding carboxylic acids is 2. The summed E-state index contributed by atoms with van der Waals surface area (Å²) in [5.74, 6) is 0.323. The molecule has 10 radical (unpaired) electrons. The van der Waals surface area contributed by atoms with Crippen LogP contribution in [-0.4, -0.2) is 28.5 Å². The Labute approximate surface area is 175 Å². The zero-order valence-electron chi connectivity index (χ0n) is 16.3. The topological polar surface area (TPSA) is 46.6 Å². The van der Waals surface area contributed by atoms with Crippen molar-refractivity contribution in [2.24, 2.45) is 5.41 Å². The van der Waals surface area contributed by atoms with E-state index in [1.54, 1.807) is 17.9 Å². The Bertz CT molecular complexity index is 511. The summed E-state index contributed by atoms with van der Waals surface area (Å²) in [5, 5.41) is 0. The van der Waals surface area contributed by atoms with Gasteiger partial charge in [-0.25, -0.2) is 4.79 Å². The average Bonchev–Trinajstić information content (AvgIpc) is 3.30. The van der Waals surface area contributed by atoms with E-state index in [0.29, 0.717) is 6.42 Å². The van der Waals surface area contributed by atoms with Crippen molar-refractivity contribution >= 4 is 11.9 Å². The summed E-state index contributed by atoms with van der Waals surface area (Å²) in [6, 6.07) is 0. The largest absolute Gasteiger partial charge is 2.00 e. The molecule has 3 aliphatic rings. The number of ether oxygens (including phenoxy) is 1. The molecule has 0 aromatic rings. The van der Waals surface area contributed by atoms with Crippen LogP contribution in [0.4, 0.5) is 0 Å². The first-order chi connectivity index (χ1) is 12.2. The fourth-order valence-corrected chi connectivity index (χ4v) is 2.88. The van der Waals surface area contributed by atoms with Gasteiger partial charge in [-0.1, -0.05) is 26.8 Å². The molecule has 0 bridgehead atoms. The van der Waals surface area contributed by atoms with Crippen LogP contribution >= 0.6 is 0 Å². The van der Waals surface area contributed by atoms with Gasteiger partial charge in [-0.2, -0.15) is 0 Å². The van der Waals surface area contributed by atoms with Gasteiger partial charge in [0, 0.05) is 11.3 Å². The fraction of sp³-hybridized carbons (Fsp3) is 0.364. The van der Waals surface area contributed by atoms with Crippen molar-refractivity contribution in [3.8, 4) is 0 Å². The van der Waals surface area contributed by atoms with Crippen molar-refractivity contribution in [1.29, 1.82) is 0 Å². The zero-order chi connectivity index (χ0) is 19.4. The maximum Gasteiger partial charge on any atom is 2.00 e. The zero-order valence-corrected chi connectivity index (χ0v) is 17.4. The van der Waals surface area contributed by atoms with Gasteiger partial charge in [0.15, 0.2) is 6.23 Å². The summed E-state index contributed by atoms with van der Waals surface area (Å²) in [4.78, 5) is 26.8. The first-order valence-corrected chi connectivity index (χ1v) is 8.76. The van der Waals surface area contributed by atoms with E-state index in [9.17, 15) is 9.59 Å². The van der Waals surface area contributed by atoms with Crippen molar-refractivity contribution in [3.63, 3.8) is 0 Å². The second-order valence-corrected chi connectivity index (χ2v) is 7.63. The molecule has 0 spiro atoms.